The molecule has 3 heteroatoms. The third-order valence-electron chi connectivity index (χ3n) is 3.27. The minimum atomic E-state index is 0.591. The first kappa shape index (κ1) is 15.1. The van der Waals surface area contributed by atoms with Crippen molar-refractivity contribution in [1.82, 2.24) is 0 Å². The van der Waals surface area contributed by atoms with Crippen LogP contribution < -0.4 is 10.5 Å². The second-order valence-electron chi connectivity index (χ2n) is 4.75. The van der Waals surface area contributed by atoms with Crippen molar-refractivity contribution < 1.29 is 4.74 Å². The second-order valence-corrected chi connectivity index (χ2v) is 5.60. The Morgan fingerprint density at radius 3 is 2.40 bits per heavy atom. The monoisotopic (exact) mass is 333 g/mol. The molecule has 2 nitrogen and oxygen atoms in total. The summed E-state index contributed by atoms with van der Waals surface area (Å²) in [6.07, 6.45) is 1.92. The number of benzene rings is 2. The maximum Gasteiger partial charge on any atom is 0.120 e. The highest BCUT2D eigenvalue weighted by Gasteiger charge is 2.02. The number of nitrogens with two attached hydrogens (primary N) is 1. The lowest BCUT2D eigenvalue weighted by Gasteiger charge is -2.10. The molecule has 2 N–H and O–H groups in total. The number of hydrogen-bond donors (Lipinski definition) is 1. The van der Waals surface area contributed by atoms with Gasteiger partial charge in [-0.05, 0) is 54.3 Å². The summed E-state index contributed by atoms with van der Waals surface area (Å²) in [4.78, 5) is 0. The van der Waals surface area contributed by atoms with Crippen LogP contribution in [0.25, 0.3) is 0 Å². The van der Waals surface area contributed by atoms with Gasteiger partial charge >= 0.3 is 0 Å². The summed E-state index contributed by atoms with van der Waals surface area (Å²) in [6.45, 7) is 3.39. The summed E-state index contributed by atoms with van der Waals surface area (Å²) >= 11 is 3.53. The fourth-order valence-electron chi connectivity index (χ4n) is 2.03. The smallest absolute Gasteiger partial charge is 0.120 e. The molecule has 106 valence electrons. The first-order valence-corrected chi connectivity index (χ1v) is 7.71. The van der Waals surface area contributed by atoms with Gasteiger partial charge in [0.1, 0.15) is 12.4 Å². The van der Waals surface area contributed by atoms with Crippen LogP contribution in [0.3, 0.4) is 0 Å². The molecular formula is C17H20BrNO. The van der Waals surface area contributed by atoms with Crippen molar-refractivity contribution in [3.63, 3.8) is 0 Å². The van der Waals surface area contributed by atoms with Crippen LogP contribution in [0, 0.1) is 0 Å². The van der Waals surface area contributed by atoms with Crippen LogP contribution in [0.15, 0.2) is 46.9 Å². The fourth-order valence-corrected chi connectivity index (χ4v) is 2.47. The Bertz CT molecular complexity index is 551. The van der Waals surface area contributed by atoms with Crippen LogP contribution in [0.4, 0.5) is 0 Å². The zero-order valence-corrected chi connectivity index (χ0v) is 13.3. The molecule has 0 atom stereocenters. The van der Waals surface area contributed by atoms with E-state index in [1.54, 1.807) is 0 Å². The minimum Gasteiger partial charge on any atom is -0.489 e. The van der Waals surface area contributed by atoms with Gasteiger partial charge < -0.3 is 10.5 Å². The summed E-state index contributed by atoms with van der Waals surface area (Å²) in [5.74, 6) is 0.885. The van der Waals surface area contributed by atoms with E-state index < -0.39 is 0 Å². The molecule has 0 fully saturated rings. The maximum atomic E-state index is 5.85. The molecule has 2 rings (SSSR count). The molecule has 0 spiro atoms. The zero-order valence-electron chi connectivity index (χ0n) is 11.7. The molecule has 0 aliphatic heterocycles. The van der Waals surface area contributed by atoms with E-state index in [1.807, 2.05) is 12.1 Å². The summed E-state index contributed by atoms with van der Waals surface area (Å²) in [6, 6.07) is 14.6. The molecule has 0 heterocycles. The summed E-state index contributed by atoms with van der Waals surface area (Å²) in [5.41, 5.74) is 9.33. The molecule has 20 heavy (non-hydrogen) atoms. The highest BCUT2D eigenvalue weighted by Crippen LogP contribution is 2.23. The molecule has 0 unspecified atom stereocenters. The number of rotatable bonds is 6. The average molecular weight is 334 g/mol. The van der Waals surface area contributed by atoms with Crippen LogP contribution in [-0.4, -0.2) is 6.54 Å². The Morgan fingerprint density at radius 1 is 1.05 bits per heavy atom. The van der Waals surface area contributed by atoms with Crippen molar-refractivity contribution in [2.75, 3.05) is 6.54 Å². The third kappa shape index (κ3) is 4.09. The van der Waals surface area contributed by atoms with E-state index in [2.05, 4.69) is 53.2 Å². The van der Waals surface area contributed by atoms with Gasteiger partial charge in [-0.1, -0.05) is 47.1 Å². The molecule has 0 saturated carbocycles. The molecule has 2 aromatic rings. The van der Waals surface area contributed by atoms with Crippen LogP contribution in [0.1, 0.15) is 23.6 Å². The molecule has 0 aliphatic carbocycles. The Morgan fingerprint density at radius 2 is 1.75 bits per heavy atom. The van der Waals surface area contributed by atoms with Gasteiger partial charge in [0.05, 0.1) is 0 Å². The molecule has 2 aromatic carbocycles. The van der Waals surface area contributed by atoms with Gasteiger partial charge in [-0.15, -0.1) is 0 Å². The summed E-state index contributed by atoms with van der Waals surface area (Å²) in [5, 5.41) is 0. The van der Waals surface area contributed by atoms with Crippen LogP contribution in [0.5, 0.6) is 5.75 Å². The Balaban J connectivity index is 2.00. The first-order valence-electron chi connectivity index (χ1n) is 6.92. The lowest BCUT2D eigenvalue weighted by Crippen LogP contribution is -2.04. The topological polar surface area (TPSA) is 35.2 Å². The second kappa shape index (κ2) is 7.46. The predicted molar refractivity (Wildman–Crippen MR) is 87.1 cm³/mol. The third-order valence-corrected chi connectivity index (χ3v) is 4.04. The lowest BCUT2D eigenvalue weighted by molar-refractivity contribution is 0.306. The molecular weight excluding hydrogens is 314 g/mol. The van der Waals surface area contributed by atoms with Crippen molar-refractivity contribution in [2.45, 2.75) is 26.4 Å². The van der Waals surface area contributed by atoms with Crippen molar-refractivity contribution in [3.05, 3.63) is 63.6 Å². The van der Waals surface area contributed by atoms with Gasteiger partial charge in [0.15, 0.2) is 0 Å². The molecule has 0 saturated heterocycles. The van der Waals surface area contributed by atoms with Gasteiger partial charge in [0.25, 0.3) is 0 Å². The number of hydrogen-bond acceptors (Lipinski definition) is 2. The molecule has 0 radical (unpaired) electrons. The van der Waals surface area contributed by atoms with Crippen molar-refractivity contribution >= 4 is 15.9 Å². The lowest BCUT2D eigenvalue weighted by atomic mass is 10.1. The number of aryl methyl sites for hydroxylation is 1. The van der Waals surface area contributed by atoms with E-state index >= 15 is 0 Å². The van der Waals surface area contributed by atoms with E-state index in [0.29, 0.717) is 13.2 Å². The zero-order chi connectivity index (χ0) is 14.4. The Labute approximate surface area is 129 Å². The van der Waals surface area contributed by atoms with Crippen molar-refractivity contribution in [2.24, 2.45) is 5.73 Å². The van der Waals surface area contributed by atoms with Crippen LogP contribution in [-0.2, 0) is 19.4 Å². The van der Waals surface area contributed by atoms with Gasteiger partial charge in [0.2, 0.25) is 0 Å². The highest BCUT2D eigenvalue weighted by atomic mass is 79.9. The van der Waals surface area contributed by atoms with Crippen LogP contribution in [0.2, 0.25) is 0 Å². The van der Waals surface area contributed by atoms with E-state index in [9.17, 15) is 0 Å². The van der Waals surface area contributed by atoms with E-state index in [4.69, 9.17) is 10.5 Å². The predicted octanol–water partition coefficient (Wildman–Crippen LogP) is 4.09. The van der Waals surface area contributed by atoms with Gasteiger partial charge in [0, 0.05) is 4.47 Å². The maximum absolute atomic E-state index is 5.85. The van der Waals surface area contributed by atoms with Crippen molar-refractivity contribution in [3.8, 4) is 5.75 Å². The standard InChI is InChI=1S/C17H20BrNO/c1-2-13-3-5-14(6-4-13)12-20-16-7-8-17(18)15(11-16)9-10-19/h3-8,11H,2,9-10,12,19H2,1H3. The SMILES string of the molecule is CCc1ccc(COc2ccc(Br)c(CCN)c2)cc1. The van der Waals surface area contributed by atoms with Gasteiger partial charge in [-0.3, -0.25) is 0 Å². The van der Waals surface area contributed by atoms with Gasteiger partial charge in [-0.2, -0.15) is 0 Å². The summed E-state index contributed by atoms with van der Waals surface area (Å²) < 4.78 is 6.93. The highest BCUT2D eigenvalue weighted by molar-refractivity contribution is 9.10. The normalized spacial score (nSPS) is 10.6. The Kier molecular flexibility index (Phi) is 5.62. The van der Waals surface area contributed by atoms with E-state index in [0.717, 1.165) is 23.1 Å². The summed E-state index contributed by atoms with van der Waals surface area (Å²) in [7, 11) is 0. The first-order chi connectivity index (χ1) is 9.72. The largest absolute Gasteiger partial charge is 0.489 e. The number of ether oxygens (including phenoxy) is 1. The van der Waals surface area contributed by atoms with E-state index in [-0.39, 0.29) is 0 Å². The average Bonchev–Trinajstić information content (AvgIpc) is 2.49. The molecule has 0 amide bonds. The van der Waals surface area contributed by atoms with Crippen LogP contribution >= 0.6 is 15.9 Å². The number of halogens is 1. The Hall–Kier alpha value is -1.32. The fraction of sp³-hybridized carbons (Fsp3) is 0.294. The molecule has 0 bridgehead atoms. The molecule has 0 aliphatic rings. The minimum absolute atomic E-state index is 0.591. The van der Waals surface area contributed by atoms with Crippen molar-refractivity contribution in [1.29, 1.82) is 0 Å². The quantitative estimate of drug-likeness (QED) is 0.863. The van der Waals surface area contributed by atoms with E-state index in [1.165, 1.54) is 16.7 Å². The van der Waals surface area contributed by atoms with Gasteiger partial charge in [-0.25, -0.2) is 0 Å². The molecule has 0 aromatic heterocycles.